The average molecular weight is 348 g/mol. The van der Waals surface area contributed by atoms with Crippen LogP contribution in [0.15, 0.2) is 23.4 Å². The molecule has 0 aliphatic carbocycles. The number of benzene rings is 1. The lowest BCUT2D eigenvalue weighted by molar-refractivity contribution is -0.147. The molecule has 0 aliphatic rings. The van der Waals surface area contributed by atoms with Crippen LogP contribution in [0.5, 0.6) is 0 Å². The van der Waals surface area contributed by atoms with E-state index in [1.165, 1.54) is 25.2 Å². The zero-order valence-corrected chi connectivity index (χ0v) is 12.9. The van der Waals surface area contributed by atoms with E-state index in [1.807, 2.05) is 0 Å². The van der Waals surface area contributed by atoms with Gasteiger partial charge in [-0.3, -0.25) is 4.79 Å². The normalized spacial score (nSPS) is 11.6. The van der Waals surface area contributed by atoms with Crippen LogP contribution in [0.25, 0.3) is 0 Å². The van der Waals surface area contributed by atoms with Crippen LogP contribution in [-0.2, 0) is 18.0 Å². The molecule has 0 atom stereocenters. The third-order valence-corrected chi connectivity index (χ3v) is 3.91. The molecule has 0 radical (unpaired) electrons. The molecule has 124 valence electrons. The molecule has 1 N–H and O–H groups in total. The summed E-state index contributed by atoms with van der Waals surface area (Å²) >= 11 is 0.805. The number of halogens is 4. The predicted octanol–water partition coefficient (Wildman–Crippen LogP) is 3.01. The maximum atomic E-state index is 13.1. The van der Waals surface area contributed by atoms with Crippen molar-refractivity contribution >= 4 is 23.4 Å². The van der Waals surface area contributed by atoms with Crippen LogP contribution in [0.3, 0.4) is 0 Å². The van der Waals surface area contributed by atoms with Crippen molar-refractivity contribution in [3.05, 3.63) is 35.4 Å². The van der Waals surface area contributed by atoms with Crippen LogP contribution in [0, 0.1) is 12.7 Å². The summed E-state index contributed by atoms with van der Waals surface area (Å²) in [5.74, 6) is -2.30. The SMILES string of the molecule is Cc1ccc(F)cc1NC(=O)CSc1nnc(C(F)(F)F)n1C. The molecule has 1 heterocycles. The quantitative estimate of drug-likeness (QED) is 0.682. The minimum Gasteiger partial charge on any atom is -0.325 e. The molecular weight excluding hydrogens is 336 g/mol. The lowest BCUT2D eigenvalue weighted by Crippen LogP contribution is -2.16. The molecule has 1 amide bonds. The van der Waals surface area contributed by atoms with Gasteiger partial charge >= 0.3 is 6.18 Å². The summed E-state index contributed by atoms with van der Waals surface area (Å²) in [5, 5.41) is 8.93. The number of amides is 1. The number of nitrogens with one attached hydrogen (secondary N) is 1. The number of nitrogens with zero attached hydrogens (tertiary/aromatic N) is 3. The number of carbonyl (C=O) groups excluding carboxylic acids is 1. The number of hydrogen-bond acceptors (Lipinski definition) is 4. The molecule has 5 nitrogen and oxygen atoms in total. The Balaban J connectivity index is 2.00. The van der Waals surface area contributed by atoms with Gasteiger partial charge in [-0.1, -0.05) is 17.8 Å². The molecule has 0 aliphatic heterocycles. The summed E-state index contributed by atoms with van der Waals surface area (Å²) in [5.41, 5.74) is 0.979. The number of aryl methyl sites for hydroxylation is 1. The maximum Gasteiger partial charge on any atom is 0.451 e. The fraction of sp³-hybridized carbons (Fsp3) is 0.308. The van der Waals surface area contributed by atoms with Gasteiger partial charge in [-0.2, -0.15) is 13.2 Å². The Morgan fingerprint density at radius 2 is 2.04 bits per heavy atom. The van der Waals surface area contributed by atoms with Crippen LogP contribution in [-0.4, -0.2) is 26.4 Å². The predicted molar refractivity (Wildman–Crippen MR) is 76.5 cm³/mol. The lowest BCUT2D eigenvalue weighted by Gasteiger charge is -2.08. The Hall–Kier alpha value is -2.10. The van der Waals surface area contributed by atoms with E-state index in [9.17, 15) is 22.4 Å². The molecule has 0 spiro atoms. The fourth-order valence-electron chi connectivity index (χ4n) is 1.73. The third-order valence-electron chi connectivity index (χ3n) is 2.89. The number of carbonyl (C=O) groups is 1. The van der Waals surface area contributed by atoms with E-state index in [1.54, 1.807) is 6.92 Å². The summed E-state index contributed by atoms with van der Waals surface area (Å²) in [6, 6.07) is 3.94. The molecular formula is C13H12F4N4OS. The first-order valence-corrected chi connectivity index (χ1v) is 7.32. The molecule has 0 saturated carbocycles. The van der Waals surface area contributed by atoms with Crippen molar-refractivity contribution < 1.29 is 22.4 Å². The topological polar surface area (TPSA) is 59.8 Å². The average Bonchev–Trinajstić information content (AvgIpc) is 2.82. The minimum absolute atomic E-state index is 0.0385. The highest BCUT2D eigenvalue weighted by atomic mass is 32.2. The molecule has 23 heavy (non-hydrogen) atoms. The van der Waals surface area contributed by atoms with E-state index in [0.29, 0.717) is 11.3 Å². The van der Waals surface area contributed by atoms with Crippen LogP contribution in [0.2, 0.25) is 0 Å². The summed E-state index contributed by atoms with van der Waals surface area (Å²) < 4.78 is 51.7. The molecule has 1 aromatic carbocycles. The van der Waals surface area contributed by atoms with Crippen molar-refractivity contribution in [1.82, 2.24) is 14.8 Å². The van der Waals surface area contributed by atoms with Crippen LogP contribution in [0.4, 0.5) is 23.2 Å². The van der Waals surface area contributed by atoms with Gasteiger partial charge in [0.2, 0.25) is 11.7 Å². The van der Waals surface area contributed by atoms with E-state index in [4.69, 9.17) is 0 Å². The second-order valence-corrected chi connectivity index (χ2v) is 5.60. The second kappa shape index (κ2) is 6.57. The summed E-state index contributed by atoms with van der Waals surface area (Å²) in [6.07, 6.45) is -4.61. The summed E-state index contributed by atoms with van der Waals surface area (Å²) in [6.45, 7) is 1.69. The molecule has 0 saturated heterocycles. The second-order valence-electron chi connectivity index (χ2n) is 4.66. The highest BCUT2D eigenvalue weighted by molar-refractivity contribution is 7.99. The zero-order chi connectivity index (χ0) is 17.2. The summed E-state index contributed by atoms with van der Waals surface area (Å²) in [4.78, 5) is 11.8. The number of rotatable bonds is 4. The van der Waals surface area contributed by atoms with E-state index in [0.717, 1.165) is 16.3 Å². The smallest absolute Gasteiger partial charge is 0.325 e. The van der Waals surface area contributed by atoms with Crippen molar-refractivity contribution in [2.24, 2.45) is 7.05 Å². The zero-order valence-electron chi connectivity index (χ0n) is 12.1. The van der Waals surface area contributed by atoms with Crippen molar-refractivity contribution in [1.29, 1.82) is 0 Å². The number of alkyl halides is 3. The van der Waals surface area contributed by atoms with Gasteiger partial charge in [0.1, 0.15) is 5.82 Å². The highest BCUT2D eigenvalue weighted by Crippen LogP contribution is 2.29. The molecule has 0 unspecified atom stereocenters. The summed E-state index contributed by atoms with van der Waals surface area (Å²) in [7, 11) is 1.17. The van der Waals surface area contributed by atoms with Crippen molar-refractivity contribution in [2.45, 2.75) is 18.3 Å². The van der Waals surface area contributed by atoms with Gasteiger partial charge in [0, 0.05) is 12.7 Å². The molecule has 0 fully saturated rings. The van der Waals surface area contributed by atoms with E-state index in [2.05, 4.69) is 15.5 Å². The van der Waals surface area contributed by atoms with Crippen molar-refractivity contribution in [3.63, 3.8) is 0 Å². The van der Waals surface area contributed by atoms with Gasteiger partial charge in [0.15, 0.2) is 5.16 Å². The first-order valence-electron chi connectivity index (χ1n) is 6.34. The fourth-order valence-corrected chi connectivity index (χ4v) is 2.44. The highest BCUT2D eigenvalue weighted by Gasteiger charge is 2.37. The van der Waals surface area contributed by atoms with Crippen molar-refractivity contribution in [3.8, 4) is 0 Å². The van der Waals surface area contributed by atoms with Gasteiger partial charge in [-0.05, 0) is 24.6 Å². The van der Waals surface area contributed by atoms with Crippen LogP contribution in [0.1, 0.15) is 11.4 Å². The Kier molecular flexibility index (Phi) is 4.93. The number of anilines is 1. The first kappa shape index (κ1) is 17.3. The lowest BCUT2D eigenvalue weighted by atomic mass is 10.2. The van der Waals surface area contributed by atoms with Gasteiger partial charge in [0.05, 0.1) is 5.75 Å². The third kappa shape index (κ3) is 4.21. The molecule has 2 aromatic rings. The Labute approximate surface area is 133 Å². The van der Waals surface area contributed by atoms with Gasteiger partial charge in [-0.15, -0.1) is 10.2 Å². The van der Waals surface area contributed by atoms with E-state index >= 15 is 0 Å². The molecule has 1 aromatic heterocycles. The number of thioether (sulfide) groups is 1. The van der Waals surface area contributed by atoms with Crippen molar-refractivity contribution in [2.75, 3.05) is 11.1 Å². The van der Waals surface area contributed by atoms with Crippen LogP contribution < -0.4 is 5.32 Å². The number of aromatic nitrogens is 3. The Morgan fingerprint density at radius 3 is 2.65 bits per heavy atom. The van der Waals surface area contributed by atoms with Gasteiger partial charge < -0.3 is 9.88 Å². The van der Waals surface area contributed by atoms with Crippen LogP contribution >= 0.6 is 11.8 Å². The standard InChI is InChI=1S/C13H12F4N4OS/c1-7-3-4-8(14)5-9(7)18-10(22)6-23-12-20-19-11(21(12)2)13(15,16)17/h3-5H,6H2,1-2H3,(H,18,22). The molecule has 2 rings (SSSR count). The molecule has 10 heteroatoms. The van der Waals surface area contributed by atoms with Gasteiger partial charge in [0.25, 0.3) is 0 Å². The maximum absolute atomic E-state index is 13.1. The first-order chi connectivity index (χ1) is 10.7. The monoisotopic (exact) mass is 348 g/mol. The minimum atomic E-state index is -4.61. The largest absolute Gasteiger partial charge is 0.451 e. The van der Waals surface area contributed by atoms with E-state index < -0.39 is 23.7 Å². The Bertz CT molecular complexity index is 729. The number of hydrogen-bond donors (Lipinski definition) is 1. The Morgan fingerprint density at radius 1 is 1.35 bits per heavy atom. The van der Waals surface area contributed by atoms with Gasteiger partial charge in [-0.25, -0.2) is 4.39 Å². The van der Waals surface area contributed by atoms with E-state index in [-0.39, 0.29) is 10.9 Å². The molecule has 0 bridgehead atoms.